The van der Waals surface area contributed by atoms with Crippen LogP contribution in [-0.2, 0) is 9.53 Å². The molecule has 0 fully saturated rings. The van der Waals surface area contributed by atoms with Crippen LogP contribution in [0.3, 0.4) is 0 Å². The summed E-state index contributed by atoms with van der Waals surface area (Å²) in [6.07, 6.45) is 0.393. The average molecular weight is 207 g/mol. The van der Waals surface area contributed by atoms with E-state index in [2.05, 4.69) is 30.0 Å². The number of rotatable bonds is 4. The molecular weight excluding hydrogens is 190 g/mol. The summed E-state index contributed by atoms with van der Waals surface area (Å²) in [6.45, 7) is 4.74. The lowest BCUT2D eigenvalue weighted by atomic mass is 10.1. The minimum absolute atomic E-state index is 0.187. The van der Waals surface area contributed by atoms with Gasteiger partial charge in [0.15, 0.2) is 0 Å². The second-order valence-electron chi connectivity index (χ2n) is 3.50. The normalized spacial score (nSPS) is 9.80. The first kappa shape index (κ1) is 11.6. The fourth-order valence-electron chi connectivity index (χ4n) is 1.34. The van der Waals surface area contributed by atoms with Crippen molar-refractivity contribution in [3.05, 3.63) is 29.3 Å². The van der Waals surface area contributed by atoms with E-state index in [1.54, 1.807) is 0 Å². The van der Waals surface area contributed by atoms with Gasteiger partial charge in [0.2, 0.25) is 0 Å². The smallest absolute Gasteiger partial charge is 0.307 e. The molecule has 1 aromatic carbocycles. The van der Waals surface area contributed by atoms with Crippen LogP contribution in [-0.4, -0.2) is 19.6 Å². The van der Waals surface area contributed by atoms with Crippen LogP contribution in [0.25, 0.3) is 0 Å². The quantitative estimate of drug-likeness (QED) is 0.770. The number of aryl methyl sites for hydroxylation is 1. The molecule has 82 valence electrons. The third kappa shape index (κ3) is 3.27. The van der Waals surface area contributed by atoms with E-state index >= 15 is 0 Å². The fraction of sp³-hybridized carbons (Fsp3) is 0.417. The summed E-state index contributed by atoms with van der Waals surface area (Å²) in [6, 6.07) is 6.09. The van der Waals surface area contributed by atoms with Crippen LogP contribution < -0.4 is 5.32 Å². The highest BCUT2D eigenvalue weighted by atomic mass is 16.5. The monoisotopic (exact) mass is 207 g/mol. The highest BCUT2D eigenvalue weighted by molar-refractivity contribution is 5.70. The van der Waals surface area contributed by atoms with Crippen LogP contribution in [0, 0.1) is 13.8 Å². The Labute approximate surface area is 90.4 Å². The number of hydrogen-bond donors (Lipinski definition) is 1. The Morgan fingerprint density at radius 1 is 1.40 bits per heavy atom. The maximum atomic E-state index is 10.9. The van der Waals surface area contributed by atoms with Crippen molar-refractivity contribution in [1.29, 1.82) is 0 Å². The van der Waals surface area contributed by atoms with E-state index in [1.165, 1.54) is 18.2 Å². The predicted octanol–water partition coefficient (Wildman–Crippen LogP) is 2.28. The lowest BCUT2D eigenvalue weighted by molar-refractivity contribution is -0.140. The van der Waals surface area contributed by atoms with Crippen molar-refractivity contribution >= 4 is 11.7 Å². The average Bonchev–Trinajstić information content (AvgIpc) is 2.24. The molecule has 0 aliphatic carbocycles. The number of ether oxygens (including phenoxy) is 1. The van der Waals surface area contributed by atoms with Gasteiger partial charge in [0.05, 0.1) is 13.5 Å². The van der Waals surface area contributed by atoms with Crippen molar-refractivity contribution in [1.82, 2.24) is 0 Å². The van der Waals surface area contributed by atoms with Gasteiger partial charge in [-0.05, 0) is 31.0 Å². The molecule has 0 aliphatic rings. The van der Waals surface area contributed by atoms with Gasteiger partial charge < -0.3 is 10.1 Å². The maximum Gasteiger partial charge on any atom is 0.307 e. The van der Waals surface area contributed by atoms with Gasteiger partial charge in [-0.25, -0.2) is 0 Å². The molecule has 1 N–H and O–H groups in total. The molecule has 0 saturated carbocycles. The summed E-state index contributed by atoms with van der Waals surface area (Å²) in [5, 5.41) is 3.22. The minimum atomic E-state index is -0.187. The summed E-state index contributed by atoms with van der Waals surface area (Å²) in [7, 11) is 1.40. The lowest BCUT2D eigenvalue weighted by Crippen LogP contribution is -2.10. The third-order valence-electron chi connectivity index (χ3n) is 2.48. The van der Waals surface area contributed by atoms with Gasteiger partial charge in [-0.2, -0.15) is 0 Å². The van der Waals surface area contributed by atoms with Crippen molar-refractivity contribution < 1.29 is 9.53 Å². The second-order valence-corrected chi connectivity index (χ2v) is 3.50. The number of nitrogens with one attached hydrogen (secondary N) is 1. The van der Waals surface area contributed by atoms with E-state index < -0.39 is 0 Å². The molecule has 0 amide bonds. The first-order valence-electron chi connectivity index (χ1n) is 5.02. The van der Waals surface area contributed by atoms with E-state index in [0.717, 1.165) is 5.69 Å². The van der Waals surface area contributed by atoms with Gasteiger partial charge in [-0.3, -0.25) is 4.79 Å². The SMILES string of the molecule is COC(=O)CCNc1cccc(C)c1C. The number of esters is 1. The van der Waals surface area contributed by atoms with E-state index in [0.29, 0.717) is 13.0 Å². The van der Waals surface area contributed by atoms with Crippen LogP contribution in [0.15, 0.2) is 18.2 Å². The molecular formula is C12H17NO2. The standard InChI is InChI=1S/C12H17NO2/c1-9-5-4-6-11(10(9)2)13-8-7-12(14)15-3/h4-6,13H,7-8H2,1-3H3. The van der Waals surface area contributed by atoms with Gasteiger partial charge in [-0.1, -0.05) is 12.1 Å². The molecule has 0 spiro atoms. The Bertz CT molecular complexity index is 347. The number of methoxy groups -OCH3 is 1. The highest BCUT2D eigenvalue weighted by Gasteiger charge is 2.02. The van der Waals surface area contributed by atoms with E-state index in [9.17, 15) is 4.79 Å². The zero-order valence-electron chi connectivity index (χ0n) is 9.46. The van der Waals surface area contributed by atoms with Crippen LogP contribution >= 0.6 is 0 Å². The van der Waals surface area contributed by atoms with Crippen LogP contribution in [0.1, 0.15) is 17.5 Å². The molecule has 1 rings (SSSR count). The van der Waals surface area contributed by atoms with Crippen molar-refractivity contribution in [2.75, 3.05) is 19.0 Å². The maximum absolute atomic E-state index is 10.9. The zero-order valence-corrected chi connectivity index (χ0v) is 9.46. The summed E-state index contributed by atoms with van der Waals surface area (Å²) in [4.78, 5) is 10.9. The van der Waals surface area contributed by atoms with Crippen LogP contribution in [0.2, 0.25) is 0 Å². The second kappa shape index (κ2) is 5.39. The third-order valence-corrected chi connectivity index (χ3v) is 2.48. The Kier molecular flexibility index (Phi) is 4.16. The number of carbonyl (C=O) groups excluding carboxylic acids is 1. The Hall–Kier alpha value is -1.51. The zero-order chi connectivity index (χ0) is 11.3. The molecule has 0 aliphatic heterocycles. The molecule has 3 nitrogen and oxygen atoms in total. The van der Waals surface area contributed by atoms with Crippen LogP contribution in [0.5, 0.6) is 0 Å². The minimum Gasteiger partial charge on any atom is -0.469 e. The Balaban J connectivity index is 2.51. The molecule has 0 radical (unpaired) electrons. The number of anilines is 1. The molecule has 0 unspecified atom stereocenters. The van der Waals surface area contributed by atoms with E-state index in [4.69, 9.17) is 0 Å². The predicted molar refractivity (Wildman–Crippen MR) is 61.0 cm³/mol. The highest BCUT2D eigenvalue weighted by Crippen LogP contribution is 2.17. The molecule has 0 aromatic heterocycles. The van der Waals surface area contributed by atoms with Gasteiger partial charge in [-0.15, -0.1) is 0 Å². The summed E-state index contributed by atoms with van der Waals surface area (Å²) in [5.74, 6) is -0.187. The van der Waals surface area contributed by atoms with Crippen molar-refractivity contribution in [2.45, 2.75) is 20.3 Å². The molecule has 0 heterocycles. The molecule has 3 heteroatoms. The summed E-state index contributed by atoms with van der Waals surface area (Å²) in [5.41, 5.74) is 3.55. The molecule has 0 saturated heterocycles. The van der Waals surface area contributed by atoms with Gasteiger partial charge in [0.1, 0.15) is 0 Å². The van der Waals surface area contributed by atoms with Gasteiger partial charge in [0, 0.05) is 12.2 Å². The first-order valence-corrected chi connectivity index (χ1v) is 5.02. The largest absolute Gasteiger partial charge is 0.469 e. The van der Waals surface area contributed by atoms with Crippen molar-refractivity contribution in [2.24, 2.45) is 0 Å². The Morgan fingerprint density at radius 3 is 2.80 bits per heavy atom. The van der Waals surface area contributed by atoms with Crippen molar-refractivity contribution in [3.63, 3.8) is 0 Å². The van der Waals surface area contributed by atoms with E-state index in [1.807, 2.05) is 12.1 Å². The van der Waals surface area contributed by atoms with E-state index in [-0.39, 0.29) is 5.97 Å². The Morgan fingerprint density at radius 2 is 2.13 bits per heavy atom. The molecule has 15 heavy (non-hydrogen) atoms. The first-order chi connectivity index (χ1) is 7.15. The van der Waals surface area contributed by atoms with Gasteiger partial charge >= 0.3 is 5.97 Å². The van der Waals surface area contributed by atoms with Crippen LogP contribution in [0.4, 0.5) is 5.69 Å². The van der Waals surface area contributed by atoms with Gasteiger partial charge in [0.25, 0.3) is 0 Å². The summed E-state index contributed by atoms with van der Waals surface area (Å²) < 4.78 is 4.56. The topological polar surface area (TPSA) is 38.3 Å². The fourth-order valence-corrected chi connectivity index (χ4v) is 1.34. The number of hydrogen-bond acceptors (Lipinski definition) is 3. The molecule has 0 bridgehead atoms. The van der Waals surface area contributed by atoms with Crippen molar-refractivity contribution in [3.8, 4) is 0 Å². The molecule has 0 atom stereocenters. The summed E-state index contributed by atoms with van der Waals surface area (Å²) >= 11 is 0. The lowest BCUT2D eigenvalue weighted by Gasteiger charge is -2.10. The molecule has 1 aromatic rings. The number of benzene rings is 1. The number of carbonyl (C=O) groups is 1.